The Morgan fingerprint density at radius 2 is 2.50 bits per heavy atom. The Bertz CT molecular complexity index is 270. The topological polar surface area (TPSA) is 58.2 Å². The summed E-state index contributed by atoms with van der Waals surface area (Å²) < 4.78 is 0. The molecule has 2 N–H and O–H groups in total. The fourth-order valence-electron chi connectivity index (χ4n) is 1.33. The Kier molecular flexibility index (Phi) is 3.52. The fraction of sp³-hybridized carbons (Fsp3) is 0.600. The minimum atomic E-state index is -0.250. The fourth-order valence-corrected chi connectivity index (χ4v) is 1.33. The molecule has 1 fully saturated rings. The van der Waals surface area contributed by atoms with Crippen LogP contribution in [-0.4, -0.2) is 24.4 Å². The second kappa shape index (κ2) is 4.66. The third kappa shape index (κ3) is 2.77. The molecule has 2 atom stereocenters. The predicted octanol–water partition coefficient (Wildman–Crippen LogP) is -0.350. The van der Waals surface area contributed by atoms with E-state index in [1.54, 1.807) is 6.92 Å². The van der Waals surface area contributed by atoms with Gasteiger partial charge in [0.1, 0.15) is 0 Å². The van der Waals surface area contributed by atoms with Gasteiger partial charge in [-0.05, 0) is 13.3 Å². The Labute approximate surface area is 83.4 Å². The van der Waals surface area contributed by atoms with Crippen LogP contribution in [0, 0.1) is 18.3 Å². The number of rotatable bonds is 2. The molecule has 0 aromatic carbocycles. The van der Waals surface area contributed by atoms with Crippen LogP contribution >= 0.6 is 0 Å². The first kappa shape index (κ1) is 10.6. The van der Waals surface area contributed by atoms with Gasteiger partial charge in [-0.1, -0.05) is 5.92 Å². The molecule has 1 heterocycles. The lowest BCUT2D eigenvalue weighted by atomic mass is 9.98. The van der Waals surface area contributed by atoms with Gasteiger partial charge in [0, 0.05) is 13.0 Å². The predicted molar refractivity (Wildman–Crippen MR) is 52.2 cm³/mol. The molecular formula is C10H14N2O2. The molecule has 1 aliphatic rings. The molecule has 1 saturated heterocycles. The molecule has 0 spiro atoms. The monoisotopic (exact) mass is 194 g/mol. The number of hydrogen-bond donors (Lipinski definition) is 2. The highest BCUT2D eigenvalue weighted by Gasteiger charge is 2.24. The van der Waals surface area contributed by atoms with Crippen molar-refractivity contribution in [3.05, 3.63) is 0 Å². The molecule has 0 aliphatic carbocycles. The number of hydrogen-bond acceptors (Lipinski definition) is 2. The van der Waals surface area contributed by atoms with E-state index in [1.807, 2.05) is 0 Å². The van der Waals surface area contributed by atoms with Crippen LogP contribution in [0.5, 0.6) is 0 Å². The van der Waals surface area contributed by atoms with Gasteiger partial charge in [0.2, 0.25) is 11.8 Å². The van der Waals surface area contributed by atoms with Crippen molar-refractivity contribution in [2.45, 2.75) is 25.8 Å². The largest absolute Gasteiger partial charge is 0.355 e. The summed E-state index contributed by atoms with van der Waals surface area (Å²) in [6.07, 6.45) is 6.16. The molecule has 4 heteroatoms. The van der Waals surface area contributed by atoms with Gasteiger partial charge >= 0.3 is 0 Å². The lowest BCUT2D eigenvalue weighted by Gasteiger charge is -2.22. The zero-order valence-corrected chi connectivity index (χ0v) is 8.17. The lowest BCUT2D eigenvalue weighted by Crippen LogP contribution is -2.45. The van der Waals surface area contributed by atoms with Crippen molar-refractivity contribution in [3.8, 4) is 12.3 Å². The molecule has 2 unspecified atom stereocenters. The normalized spacial score (nSPS) is 23.1. The first-order chi connectivity index (χ1) is 6.63. The minimum Gasteiger partial charge on any atom is -0.355 e. The van der Waals surface area contributed by atoms with E-state index < -0.39 is 0 Å². The summed E-state index contributed by atoms with van der Waals surface area (Å²) in [6, 6.07) is -0.250. The average Bonchev–Trinajstić information content (AvgIpc) is 2.18. The van der Waals surface area contributed by atoms with Crippen molar-refractivity contribution in [3.63, 3.8) is 0 Å². The number of carbonyl (C=O) groups is 2. The summed E-state index contributed by atoms with van der Waals surface area (Å²) >= 11 is 0. The van der Waals surface area contributed by atoms with E-state index in [9.17, 15) is 9.59 Å². The molecule has 0 saturated carbocycles. The molecule has 0 aromatic rings. The highest BCUT2D eigenvalue weighted by molar-refractivity contribution is 5.84. The maximum absolute atomic E-state index is 11.5. The van der Waals surface area contributed by atoms with Crippen molar-refractivity contribution in [1.29, 1.82) is 0 Å². The molecule has 0 aromatic heterocycles. The maximum atomic E-state index is 11.5. The van der Waals surface area contributed by atoms with Crippen LogP contribution in [0.15, 0.2) is 0 Å². The zero-order chi connectivity index (χ0) is 10.6. The van der Waals surface area contributed by atoms with E-state index in [-0.39, 0.29) is 23.8 Å². The molecule has 1 aliphatic heterocycles. The van der Waals surface area contributed by atoms with Crippen LogP contribution in [0.3, 0.4) is 0 Å². The summed E-state index contributed by atoms with van der Waals surface area (Å²) in [4.78, 5) is 22.4. The number of nitrogens with one attached hydrogen (secondary N) is 2. The second-order valence-corrected chi connectivity index (χ2v) is 3.44. The van der Waals surface area contributed by atoms with Crippen LogP contribution in [-0.2, 0) is 9.59 Å². The van der Waals surface area contributed by atoms with E-state index in [1.165, 1.54) is 0 Å². The van der Waals surface area contributed by atoms with Crippen LogP contribution in [0.4, 0.5) is 0 Å². The Morgan fingerprint density at radius 1 is 1.79 bits per heavy atom. The quantitative estimate of drug-likeness (QED) is 0.590. The Morgan fingerprint density at radius 3 is 3.00 bits per heavy atom. The van der Waals surface area contributed by atoms with Crippen molar-refractivity contribution >= 4 is 11.8 Å². The minimum absolute atomic E-state index is 0.0130. The van der Waals surface area contributed by atoms with Gasteiger partial charge in [0.15, 0.2) is 0 Å². The standard InChI is InChI=1S/C10H14N2O2/c1-3-7(2)12-10(14)8-4-5-9(13)11-6-8/h1,7-8H,4-6H2,2H3,(H,11,13)(H,12,14). The third-order valence-corrected chi connectivity index (χ3v) is 2.25. The van der Waals surface area contributed by atoms with Crippen LogP contribution in [0.1, 0.15) is 19.8 Å². The van der Waals surface area contributed by atoms with E-state index in [0.717, 1.165) is 0 Å². The van der Waals surface area contributed by atoms with Crippen molar-refractivity contribution < 1.29 is 9.59 Å². The summed E-state index contributed by atoms with van der Waals surface area (Å²) in [5.74, 6) is 2.23. The molecular weight excluding hydrogens is 180 g/mol. The van der Waals surface area contributed by atoms with Gasteiger partial charge in [0.05, 0.1) is 12.0 Å². The molecule has 14 heavy (non-hydrogen) atoms. The molecule has 76 valence electrons. The lowest BCUT2D eigenvalue weighted by molar-refractivity contribution is -0.129. The van der Waals surface area contributed by atoms with E-state index in [4.69, 9.17) is 6.42 Å². The number of piperidine rings is 1. The summed E-state index contributed by atoms with van der Waals surface area (Å²) in [6.45, 7) is 2.17. The number of amides is 2. The highest BCUT2D eigenvalue weighted by Crippen LogP contribution is 2.10. The van der Waals surface area contributed by atoms with Gasteiger partial charge in [0.25, 0.3) is 0 Å². The summed E-state index contributed by atoms with van der Waals surface area (Å²) in [5.41, 5.74) is 0. The van der Waals surface area contributed by atoms with Gasteiger partial charge in [-0.15, -0.1) is 6.42 Å². The molecule has 2 amide bonds. The van der Waals surface area contributed by atoms with Gasteiger partial charge < -0.3 is 10.6 Å². The third-order valence-electron chi connectivity index (χ3n) is 2.25. The van der Waals surface area contributed by atoms with E-state index >= 15 is 0 Å². The smallest absolute Gasteiger partial charge is 0.225 e. The molecule has 1 rings (SSSR count). The van der Waals surface area contributed by atoms with Gasteiger partial charge in [-0.3, -0.25) is 9.59 Å². The SMILES string of the molecule is C#CC(C)NC(=O)C1CCC(=O)NC1. The Hall–Kier alpha value is -1.50. The summed E-state index contributed by atoms with van der Waals surface area (Å²) in [5, 5.41) is 5.34. The van der Waals surface area contributed by atoms with Crippen LogP contribution < -0.4 is 10.6 Å². The van der Waals surface area contributed by atoms with E-state index in [2.05, 4.69) is 16.6 Å². The number of terminal acetylenes is 1. The van der Waals surface area contributed by atoms with Gasteiger partial charge in [-0.25, -0.2) is 0 Å². The van der Waals surface area contributed by atoms with Crippen molar-refractivity contribution in [2.24, 2.45) is 5.92 Å². The Balaban J connectivity index is 2.39. The molecule has 0 radical (unpaired) electrons. The number of carbonyl (C=O) groups excluding carboxylic acids is 2. The second-order valence-electron chi connectivity index (χ2n) is 3.44. The van der Waals surface area contributed by atoms with Gasteiger partial charge in [-0.2, -0.15) is 0 Å². The zero-order valence-electron chi connectivity index (χ0n) is 8.17. The first-order valence-electron chi connectivity index (χ1n) is 4.66. The maximum Gasteiger partial charge on any atom is 0.225 e. The van der Waals surface area contributed by atoms with Crippen molar-refractivity contribution in [1.82, 2.24) is 10.6 Å². The van der Waals surface area contributed by atoms with Crippen molar-refractivity contribution in [2.75, 3.05) is 6.54 Å². The van der Waals surface area contributed by atoms with Crippen LogP contribution in [0.2, 0.25) is 0 Å². The van der Waals surface area contributed by atoms with E-state index in [0.29, 0.717) is 19.4 Å². The first-order valence-corrected chi connectivity index (χ1v) is 4.66. The average molecular weight is 194 g/mol. The summed E-state index contributed by atoms with van der Waals surface area (Å²) in [7, 11) is 0. The van der Waals surface area contributed by atoms with Crippen LogP contribution in [0.25, 0.3) is 0 Å². The molecule has 0 bridgehead atoms. The highest BCUT2D eigenvalue weighted by atomic mass is 16.2. The molecule has 4 nitrogen and oxygen atoms in total.